The lowest BCUT2D eigenvalue weighted by molar-refractivity contribution is 0.0792. The molecule has 1 unspecified atom stereocenters. The van der Waals surface area contributed by atoms with E-state index in [9.17, 15) is 0 Å². The summed E-state index contributed by atoms with van der Waals surface area (Å²) in [6.45, 7) is 7.98. The van der Waals surface area contributed by atoms with E-state index >= 15 is 0 Å². The quantitative estimate of drug-likeness (QED) is 0.771. The van der Waals surface area contributed by atoms with Crippen molar-refractivity contribution in [1.29, 1.82) is 0 Å². The zero-order chi connectivity index (χ0) is 12.7. The Labute approximate surface area is 113 Å². The Bertz CT molecular complexity index is 311. The van der Waals surface area contributed by atoms with Gasteiger partial charge in [0.1, 0.15) is 0 Å². The van der Waals surface area contributed by atoms with Gasteiger partial charge in [-0.25, -0.2) is 0 Å². The fraction of sp³-hybridized carbons (Fsp3) is 0.571. The van der Waals surface area contributed by atoms with Crippen molar-refractivity contribution in [3.63, 3.8) is 0 Å². The second-order valence-corrected chi connectivity index (χ2v) is 5.30. The molecule has 1 N–H and O–H groups in total. The van der Waals surface area contributed by atoms with E-state index in [4.69, 9.17) is 4.74 Å². The summed E-state index contributed by atoms with van der Waals surface area (Å²) >= 11 is 3.46. The second-order valence-electron chi connectivity index (χ2n) is 4.39. The molecule has 0 saturated carbocycles. The molecule has 96 valence electrons. The maximum absolute atomic E-state index is 5.52. The van der Waals surface area contributed by atoms with Crippen LogP contribution in [-0.4, -0.2) is 19.3 Å². The lowest BCUT2D eigenvalue weighted by Crippen LogP contribution is -2.25. The number of ether oxygens (including phenoxy) is 1. The molecule has 2 nitrogen and oxygen atoms in total. The summed E-state index contributed by atoms with van der Waals surface area (Å²) in [5, 5.41) is 3.52. The second kappa shape index (κ2) is 7.85. The van der Waals surface area contributed by atoms with Crippen molar-refractivity contribution in [2.75, 3.05) is 13.2 Å². The fourth-order valence-electron chi connectivity index (χ4n) is 1.72. The van der Waals surface area contributed by atoms with E-state index in [1.807, 2.05) is 0 Å². The third kappa shape index (κ3) is 5.66. The van der Waals surface area contributed by atoms with E-state index in [2.05, 4.69) is 66.3 Å². The van der Waals surface area contributed by atoms with Crippen LogP contribution in [0.15, 0.2) is 28.7 Å². The highest BCUT2D eigenvalue weighted by Gasteiger charge is 2.07. The molecule has 0 spiro atoms. The molecular weight excluding hydrogens is 278 g/mol. The Morgan fingerprint density at radius 3 is 2.41 bits per heavy atom. The van der Waals surface area contributed by atoms with E-state index in [0.29, 0.717) is 12.1 Å². The molecule has 17 heavy (non-hydrogen) atoms. The predicted octanol–water partition coefficient (Wildman–Crippen LogP) is 3.91. The van der Waals surface area contributed by atoms with Gasteiger partial charge in [0.05, 0.1) is 12.7 Å². The van der Waals surface area contributed by atoms with E-state index < -0.39 is 0 Å². The van der Waals surface area contributed by atoms with Crippen molar-refractivity contribution in [3.8, 4) is 0 Å². The van der Waals surface area contributed by atoms with Gasteiger partial charge in [-0.1, -0.05) is 35.0 Å². The average Bonchev–Trinajstić information content (AvgIpc) is 2.30. The summed E-state index contributed by atoms with van der Waals surface area (Å²) in [5.41, 5.74) is 1.33. The van der Waals surface area contributed by atoms with Crippen LogP contribution in [0.2, 0.25) is 0 Å². The highest BCUT2D eigenvalue weighted by Crippen LogP contribution is 2.19. The Balaban J connectivity index is 2.40. The van der Waals surface area contributed by atoms with Crippen molar-refractivity contribution < 1.29 is 4.74 Å². The van der Waals surface area contributed by atoms with Crippen molar-refractivity contribution in [1.82, 2.24) is 5.32 Å². The Morgan fingerprint density at radius 2 is 1.88 bits per heavy atom. The minimum absolute atomic E-state index is 0.310. The number of halogens is 1. The minimum Gasteiger partial charge on any atom is -0.377 e. The Kier molecular flexibility index (Phi) is 6.78. The molecule has 0 heterocycles. The molecule has 0 saturated heterocycles. The largest absolute Gasteiger partial charge is 0.377 e. The number of hydrogen-bond donors (Lipinski definition) is 1. The summed E-state index contributed by atoms with van der Waals surface area (Å²) < 4.78 is 6.65. The molecular formula is C14H22BrNO. The van der Waals surface area contributed by atoms with E-state index in [1.54, 1.807) is 0 Å². The molecule has 1 rings (SSSR count). The van der Waals surface area contributed by atoms with Gasteiger partial charge in [-0.15, -0.1) is 0 Å². The van der Waals surface area contributed by atoms with Gasteiger partial charge in [0.25, 0.3) is 0 Å². The first-order chi connectivity index (χ1) is 8.13. The van der Waals surface area contributed by atoms with Crippen LogP contribution < -0.4 is 5.32 Å². The maximum atomic E-state index is 5.52. The summed E-state index contributed by atoms with van der Waals surface area (Å²) in [7, 11) is 0. The van der Waals surface area contributed by atoms with Crippen molar-refractivity contribution in [2.45, 2.75) is 39.3 Å². The Morgan fingerprint density at radius 1 is 1.24 bits per heavy atom. The van der Waals surface area contributed by atoms with Gasteiger partial charge in [0.15, 0.2) is 0 Å². The van der Waals surface area contributed by atoms with Gasteiger partial charge >= 0.3 is 0 Å². The SMILES string of the molecule is CCC(NCCOC(C)C)c1ccc(Br)cc1. The third-order valence-electron chi connectivity index (χ3n) is 2.62. The smallest absolute Gasteiger partial charge is 0.0594 e. The molecule has 0 amide bonds. The van der Waals surface area contributed by atoms with Crippen LogP contribution in [0.3, 0.4) is 0 Å². The summed E-state index contributed by atoms with van der Waals surface area (Å²) in [5.74, 6) is 0. The normalized spacial score (nSPS) is 13.0. The fourth-order valence-corrected chi connectivity index (χ4v) is 1.99. The van der Waals surface area contributed by atoms with Crippen LogP contribution >= 0.6 is 15.9 Å². The molecule has 1 aromatic carbocycles. The lowest BCUT2D eigenvalue weighted by Gasteiger charge is -2.18. The van der Waals surface area contributed by atoms with Gasteiger partial charge in [-0.05, 0) is 38.0 Å². The molecule has 1 aromatic rings. The first-order valence-electron chi connectivity index (χ1n) is 6.24. The molecule has 0 aliphatic carbocycles. The summed E-state index contributed by atoms with van der Waals surface area (Å²) in [6.07, 6.45) is 1.40. The summed E-state index contributed by atoms with van der Waals surface area (Å²) in [4.78, 5) is 0. The van der Waals surface area contributed by atoms with E-state index in [1.165, 1.54) is 5.56 Å². The van der Waals surface area contributed by atoms with Crippen molar-refractivity contribution in [3.05, 3.63) is 34.3 Å². The molecule has 3 heteroatoms. The number of hydrogen-bond acceptors (Lipinski definition) is 2. The highest BCUT2D eigenvalue weighted by molar-refractivity contribution is 9.10. The lowest BCUT2D eigenvalue weighted by atomic mass is 10.1. The first kappa shape index (κ1) is 14.7. The van der Waals surface area contributed by atoms with Gasteiger partial charge < -0.3 is 10.1 Å². The zero-order valence-electron chi connectivity index (χ0n) is 10.9. The van der Waals surface area contributed by atoms with Crippen LogP contribution in [0.1, 0.15) is 38.8 Å². The van der Waals surface area contributed by atoms with Crippen LogP contribution in [0.25, 0.3) is 0 Å². The monoisotopic (exact) mass is 299 g/mol. The van der Waals surface area contributed by atoms with Gasteiger partial charge in [0.2, 0.25) is 0 Å². The standard InChI is InChI=1S/C14H22BrNO/c1-4-14(16-9-10-17-11(2)3)12-5-7-13(15)8-6-12/h5-8,11,14,16H,4,9-10H2,1-3H3. The predicted molar refractivity (Wildman–Crippen MR) is 76.3 cm³/mol. The van der Waals surface area contributed by atoms with Gasteiger partial charge in [0, 0.05) is 17.1 Å². The third-order valence-corrected chi connectivity index (χ3v) is 3.15. The molecule has 1 atom stereocenters. The first-order valence-corrected chi connectivity index (χ1v) is 7.03. The molecule has 0 bridgehead atoms. The minimum atomic E-state index is 0.310. The highest BCUT2D eigenvalue weighted by atomic mass is 79.9. The van der Waals surface area contributed by atoms with Crippen LogP contribution in [0.5, 0.6) is 0 Å². The average molecular weight is 300 g/mol. The van der Waals surface area contributed by atoms with Crippen LogP contribution in [0, 0.1) is 0 Å². The van der Waals surface area contributed by atoms with Gasteiger partial charge in [-0.2, -0.15) is 0 Å². The van der Waals surface area contributed by atoms with E-state index in [0.717, 1.165) is 24.0 Å². The molecule has 0 radical (unpaired) electrons. The molecule has 0 aromatic heterocycles. The molecule has 0 fully saturated rings. The van der Waals surface area contributed by atoms with Crippen LogP contribution in [0.4, 0.5) is 0 Å². The molecule has 0 aliphatic heterocycles. The van der Waals surface area contributed by atoms with Gasteiger partial charge in [-0.3, -0.25) is 0 Å². The summed E-state index contributed by atoms with van der Waals surface area (Å²) in [6, 6.07) is 8.91. The number of rotatable bonds is 7. The maximum Gasteiger partial charge on any atom is 0.0594 e. The number of nitrogens with one attached hydrogen (secondary N) is 1. The van der Waals surface area contributed by atoms with Crippen molar-refractivity contribution in [2.24, 2.45) is 0 Å². The number of benzene rings is 1. The molecule has 0 aliphatic rings. The Hall–Kier alpha value is -0.380. The zero-order valence-corrected chi connectivity index (χ0v) is 12.5. The van der Waals surface area contributed by atoms with Crippen molar-refractivity contribution >= 4 is 15.9 Å². The topological polar surface area (TPSA) is 21.3 Å². The van der Waals surface area contributed by atoms with Crippen LogP contribution in [-0.2, 0) is 4.74 Å². The van der Waals surface area contributed by atoms with E-state index in [-0.39, 0.29) is 0 Å².